The molecule has 0 radical (unpaired) electrons. The molecule has 0 aromatic carbocycles. The molecule has 1 amide bonds. The molecule has 6 heteroatoms. The van der Waals surface area contributed by atoms with Gasteiger partial charge in [-0.25, -0.2) is 5.84 Å². The van der Waals surface area contributed by atoms with Crippen LogP contribution in [0.2, 0.25) is 0 Å². The number of ether oxygens (including phenoxy) is 1. The highest BCUT2D eigenvalue weighted by atomic mass is 16.5. The Morgan fingerprint density at radius 3 is 2.94 bits per heavy atom. The van der Waals surface area contributed by atoms with Gasteiger partial charge in [-0.2, -0.15) is 0 Å². The largest absolute Gasteiger partial charge is 0.370 e. The molecule has 1 aromatic heterocycles. The fourth-order valence-electron chi connectivity index (χ4n) is 2.16. The Morgan fingerprint density at radius 2 is 2.28 bits per heavy atom. The second-order valence-corrected chi connectivity index (χ2v) is 4.84. The van der Waals surface area contributed by atoms with Crippen LogP contribution in [0, 0.1) is 5.92 Å². The Labute approximate surface area is 106 Å². The first-order valence-electron chi connectivity index (χ1n) is 6.27. The van der Waals surface area contributed by atoms with E-state index in [-0.39, 0.29) is 11.8 Å². The SMILES string of the molecule is CC1CCC(OCc2cc(C(=O)NN)no2)CC1. The zero-order valence-electron chi connectivity index (χ0n) is 10.5. The van der Waals surface area contributed by atoms with Gasteiger partial charge in [0.1, 0.15) is 6.61 Å². The molecule has 1 aliphatic rings. The summed E-state index contributed by atoms with van der Waals surface area (Å²) >= 11 is 0. The van der Waals surface area contributed by atoms with Crippen molar-refractivity contribution in [3.8, 4) is 0 Å². The summed E-state index contributed by atoms with van der Waals surface area (Å²) in [6.45, 7) is 2.62. The van der Waals surface area contributed by atoms with Crippen molar-refractivity contribution in [1.29, 1.82) is 0 Å². The third-order valence-electron chi connectivity index (χ3n) is 3.35. The first kappa shape index (κ1) is 13.0. The lowest BCUT2D eigenvalue weighted by atomic mass is 9.89. The van der Waals surface area contributed by atoms with Crippen molar-refractivity contribution in [3.05, 3.63) is 17.5 Å². The highest BCUT2D eigenvalue weighted by molar-refractivity contribution is 5.91. The molecule has 0 saturated heterocycles. The lowest BCUT2D eigenvalue weighted by Gasteiger charge is -2.25. The molecule has 18 heavy (non-hydrogen) atoms. The molecule has 1 fully saturated rings. The predicted molar refractivity (Wildman–Crippen MR) is 64.4 cm³/mol. The van der Waals surface area contributed by atoms with Crippen molar-refractivity contribution in [2.45, 2.75) is 45.3 Å². The molecule has 100 valence electrons. The number of nitrogens with one attached hydrogen (secondary N) is 1. The fraction of sp³-hybridized carbons (Fsp3) is 0.667. The van der Waals surface area contributed by atoms with Crippen LogP contribution in [-0.2, 0) is 11.3 Å². The molecule has 6 nitrogen and oxygen atoms in total. The number of hydrazine groups is 1. The molecule has 0 aliphatic heterocycles. The monoisotopic (exact) mass is 253 g/mol. The van der Waals surface area contributed by atoms with Gasteiger partial charge in [-0.15, -0.1) is 0 Å². The molecule has 0 atom stereocenters. The summed E-state index contributed by atoms with van der Waals surface area (Å²) in [5.41, 5.74) is 2.18. The van der Waals surface area contributed by atoms with Crippen LogP contribution in [-0.4, -0.2) is 17.2 Å². The van der Waals surface area contributed by atoms with Gasteiger partial charge in [0.2, 0.25) is 0 Å². The van der Waals surface area contributed by atoms with E-state index in [1.54, 1.807) is 6.07 Å². The van der Waals surface area contributed by atoms with Gasteiger partial charge in [-0.05, 0) is 31.6 Å². The van der Waals surface area contributed by atoms with Gasteiger partial charge in [-0.3, -0.25) is 10.2 Å². The van der Waals surface area contributed by atoms with Gasteiger partial charge in [0.15, 0.2) is 11.5 Å². The van der Waals surface area contributed by atoms with E-state index in [2.05, 4.69) is 12.1 Å². The van der Waals surface area contributed by atoms with Gasteiger partial charge >= 0.3 is 0 Å². The number of nitrogens with zero attached hydrogens (tertiary/aromatic N) is 1. The van der Waals surface area contributed by atoms with Crippen LogP contribution in [0.4, 0.5) is 0 Å². The molecule has 1 aliphatic carbocycles. The van der Waals surface area contributed by atoms with E-state index in [4.69, 9.17) is 15.1 Å². The Morgan fingerprint density at radius 1 is 1.56 bits per heavy atom. The lowest BCUT2D eigenvalue weighted by molar-refractivity contribution is -0.000646. The minimum atomic E-state index is -0.462. The van der Waals surface area contributed by atoms with Crippen LogP contribution in [0.15, 0.2) is 10.6 Å². The minimum absolute atomic E-state index is 0.174. The molecular weight excluding hydrogens is 234 g/mol. The topological polar surface area (TPSA) is 90.4 Å². The summed E-state index contributed by atoms with van der Waals surface area (Å²) < 4.78 is 10.8. The van der Waals surface area contributed by atoms with E-state index in [1.807, 2.05) is 5.43 Å². The third-order valence-corrected chi connectivity index (χ3v) is 3.35. The van der Waals surface area contributed by atoms with Crippen LogP contribution in [0.3, 0.4) is 0 Å². The van der Waals surface area contributed by atoms with Crippen molar-refractivity contribution in [3.63, 3.8) is 0 Å². The minimum Gasteiger partial charge on any atom is -0.370 e. The van der Waals surface area contributed by atoms with Crippen LogP contribution in [0.5, 0.6) is 0 Å². The van der Waals surface area contributed by atoms with Gasteiger partial charge < -0.3 is 9.26 Å². The Kier molecular flexibility index (Phi) is 4.33. The number of carbonyl (C=O) groups excluding carboxylic acids is 1. The zero-order valence-corrected chi connectivity index (χ0v) is 10.5. The fourth-order valence-corrected chi connectivity index (χ4v) is 2.16. The van der Waals surface area contributed by atoms with Crippen molar-refractivity contribution in [1.82, 2.24) is 10.6 Å². The molecule has 2 rings (SSSR count). The Bertz CT molecular complexity index is 397. The van der Waals surface area contributed by atoms with E-state index >= 15 is 0 Å². The lowest BCUT2D eigenvalue weighted by Crippen LogP contribution is -2.30. The van der Waals surface area contributed by atoms with Gasteiger partial charge in [0.05, 0.1) is 6.10 Å². The van der Waals surface area contributed by atoms with Gasteiger partial charge in [0, 0.05) is 6.07 Å². The van der Waals surface area contributed by atoms with Crippen molar-refractivity contribution < 1.29 is 14.1 Å². The normalized spacial score (nSPS) is 23.9. The van der Waals surface area contributed by atoms with Gasteiger partial charge in [-0.1, -0.05) is 12.1 Å². The standard InChI is InChI=1S/C12H19N3O3/c1-8-2-4-9(5-3-8)17-7-10-6-11(15-18-10)12(16)14-13/h6,8-9H,2-5,7,13H2,1H3,(H,14,16). The van der Waals surface area contributed by atoms with Crippen molar-refractivity contribution in [2.75, 3.05) is 0 Å². The number of carbonyl (C=O) groups is 1. The molecule has 0 spiro atoms. The van der Waals surface area contributed by atoms with E-state index in [9.17, 15) is 4.79 Å². The molecule has 1 saturated carbocycles. The number of nitrogen functional groups attached to an aromatic ring is 1. The average molecular weight is 253 g/mol. The van der Waals surface area contributed by atoms with Crippen LogP contribution in [0.1, 0.15) is 48.9 Å². The molecule has 3 N–H and O–H groups in total. The molecule has 0 unspecified atom stereocenters. The smallest absolute Gasteiger partial charge is 0.287 e. The number of aromatic nitrogens is 1. The summed E-state index contributed by atoms with van der Waals surface area (Å²) in [4.78, 5) is 11.2. The molecule has 0 bridgehead atoms. The zero-order chi connectivity index (χ0) is 13.0. The first-order valence-corrected chi connectivity index (χ1v) is 6.27. The summed E-state index contributed by atoms with van der Waals surface area (Å²) in [7, 11) is 0. The number of rotatable bonds is 4. The van der Waals surface area contributed by atoms with E-state index in [1.165, 1.54) is 12.8 Å². The van der Waals surface area contributed by atoms with Gasteiger partial charge in [0.25, 0.3) is 5.91 Å². The summed E-state index contributed by atoms with van der Waals surface area (Å²) in [5.74, 6) is 5.89. The van der Waals surface area contributed by atoms with E-state index < -0.39 is 5.91 Å². The predicted octanol–water partition coefficient (Wildman–Crippen LogP) is 1.37. The molecule has 1 aromatic rings. The number of hydrogen-bond donors (Lipinski definition) is 2. The summed E-state index contributed by atoms with van der Waals surface area (Å²) in [6, 6.07) is 1.55. The second kappa shape index (κ2) is 5.97. The quantitative estimate of drug-likeness (QED) is 0.480. The van der Waals surface area contributed by atoms with E-state index in [0.717, 1.165) is 18.8 Å². The second-order valence-electron chi connectivity index (χ2n) is 4.84. The maximum atomic E-state index is 11.2. The maximum absolute atomic E-state index is 11.2. The Hall–Kier alpha value is -1.40. The van der Waals surface area contributed by atoms with E-state index in [0.29, 0.717) is 12.4 Å². The number of amides is 1. The highest BCUT2D eigenvalue weighted by Crippen LogP contribution is 2.26. The van der Waals surface area contributed by atoms with Crippen LogP contribution in [0.25, 0.3) is 0 Å². The Balaban J connectivity index is 1.79. The maximum Gasteiger partial charge on any atom is 0.287 e. The van der Waals surface area contributed by atoms with Crippen LogP contribution < -0.4 is 11.3 Å². The molecular formula is C12H19N3O3. The van der Waals surface area contributed by atoms with Crippen molar-refractivity contribution >= 4 is 5.91 Å². The highest BCUT2D eigenvalue weighted by Gasteiger charge is 2.19. The summed E-state index contributed by atoms with van der Waals surface area (Å²) in [6.07, 6.45) is 4.89. The van der Waals surface area contributed by atoms with Crippen molar-refractivity contribution in [2.24, 2.45) is 11.8 Å². The number of hydrogen-bond acceptors (Lipinski definition) is 5. The third kappa shape index (κ3) is 3.30. The first-order chi connectivity index (χ1) is 8.69. The number of nitrogens with two attached hydrogens (primary N) is 1. The molecule has 1 heterocycles. The average Bonchev–Trinajstić information content (AvgIpc) is 2.86. The van der Waals surface area contributed by atoms with Crippen LogP contribution >= 0.6 is 0 Å². The summed E-state index contributed by atoms with van der Waals surface area (Å²) in [5, 5.41) is 3.62.